The van der Waals surface area contributed by atoms with Crippen molar-refractivity contribution in [2.24, 2.45) is 0 Å². The van der Waals surface area contributed by atoms with E-state index in [4.69, 9.17) is 6.42 Å². The molecule has 0 saturated carbocycles. The van der Waals surface area contributed by atoms with Crippen LogP contribution in [-0.2, 0) is 0 Å². The van der Waals surface area contributed by atoms with E-state index < -0.39 is 23.1 Å². The Morgan fingerprint density at radius 3 is 2.56 bits per heavy atom. The molecule has 1 aromatic carbocycles. The predicted octanol–water partition coefficient (Wildman–Crippen LogP) is 2.11. The molecule has 1 rings (SSSR count). The van der Waals surface area contributed by atoms with Crippen LogP contribution >= 0.6 is 0 Å². The van der Waals surface area contributed by atoms with E-state index in [1.54, 1.807) is 0 Å². The van der Waals surface area contributed by atoms with Crippen molar-refractivity contribution in [2.75, 3.05) is 6.54 Å². The standard InChI is InChI=1S/C12H11F2NO/c1-2-3-4-8-15-12(16)11-9(13)6-5-7-10(11)14/h1,5-7H,3-4,8H2,(H,15,16). The summed E-state index contributed by atoms with van der Waals surface area (Å²) in [5, 5.41) is 2.40. The highest BCUT2D eigenvalue weighted by Crippen LogP contribution is 2.11. The number of rotatable bonds is 4. The van der Waals surface area contributed by atoms with Gasteiger partial charge in [-0.25, -0.2) is 8.78 Å². The zero-order valence-electron chi connectivity index (χ0n) is 8.59. The molecule has 1 aromatic rings. The maximum atomic E-state index is 13.1. The van der Waals surface area contributed by atoms with Crippen molar-refractivity contribution in [3.05, 3.63) is 35.4 Å². The van der Waals surface area contributed by atoms with Crippen molar-refractivity contribution in [3.63, 3.8) is 0 Å². The molecule has 0 aliphatic rings. The summed E-state index contributed by atoms with van der Waals surface area (Å²) in [5.74, 6) is -0.0848. The van der Waals surface area contributed by atoms with Gasteiger partial charge in [0.25, 0.3) is 5.91 Å². The molecule has 1 N–H and O–H groups in total. The first kappa shape index (κ1) is 12.2. The molecule has 0 unspecified atom stereocenters. The Labute approximate surface area is 92.7 Å². The molecule has 1 amide bonds. The van der Waals surface area contributed by atoms with Gasteiger partial charge in [0.15, 0.2) is 0 Å². The third-order valence-corrected chi connectivity index (χ3v) is 1.97. The number of carbonyl (C=O) groups excluding carboxylic acids is 1. The topological polar surface area (TPSA) is 29.1 Å². The lowest BCUT2D eigenvalue weighted by molar-refractivity contribution is 0.0945. The summed E-state index contributed by atoms with van der Waals surface area (Å²) < 4.78 is 26.3. The Kier molecular flexibility index (Phi) is 4.46. The third kappa shape index (κ3) is 3.06. The van der Waals surface area contributed by atoms with E-state index in [9.17, 15) is 13.6 Å². The number of nitrogens with one attached hydrogen (secondary N) is 1. The van der Waals surface area contributed by atoms with Crippen LogP contribution < -0.4 is 5.32 Å². The molecule has 0 atom stereocenters. The molecule has 2 nitrogen and oxygen atoms in total. The maximum Gasteiger partial charge on any atom is 0.257 e. The fourth-order valence-electron chi connectivity index (χ4n) is 1.20. The van der Waals surface area contributed by atoms with Crippen LogP contribution in [-0.4, -0.2) is 12.5 Å². The molecular formula is C12H11F2NO. The van der Waals surface area contributed by atoms with Gasteiger partial charge >= 0.3 is 0 Å². The number of benzene rings is 1. The largest absolute Gasteiger partial charge is 0.352 e. The Bertz CT molecular complexity index is 403. The minimum atomic E-state index is -0.866. The molecular weight excluding hydrogens is 212 g/mol. The van der Waals surface area contributed by atoms with Gasteiger partial charge in [-0.3, -0.25) is 4.79 Å². The second-order valence-corrected chi connectivity index (χ2v) is 3.16. The molecule has 0 aliphatic heterocycles. The molecule has 0 heterocycles. The molecule has 0 aliphatic carbocycles. The monoisotopic (exact) mass is 223 g/mol. The Hall–Kier alpha value is -1.89. The number of hydrogen-bond donors (Lipinski definition) is 1. The molecule has 0 spiro atoms. The van der Waals surface area contributed by atoms with E-state index in [1.807, 2.05) is 0 Å². The van der Waals surface area contributed by atoms with Crippen LogP contribution in [0.5, 0.6) is 0 Å². The van der Waals surface area contributed by atoms with Crippen LogP contribution in [0.15, 0.2) is 18.2 Å². The van der Waals surface area contributed by atoms with Gasteiger partial charge in [-0.1, -0.05) is 6.07 Å². The number of halogens is 2. The van der Waals surface area contributed by atoms with Crippen LogP contribution in [0, 0.1) is 24.0 Å². The Morgan fingerprint density at radius 2 is 2.00 bits per heavy atom. The number of carbonyl (C=O) groups is 1. The van der Waals surface area contributed by atoms with Crippen molar-refractivity contribution in [3.8, 4) is 12.3 Å². The predicted molar refractivity (Wildman–Crippen MR) is 56.8 cm³/mol. The molecule has 84 valence electrons. The minimum Gasteiger partial charge on any atom is -0.352 e. The lowest BCUT2D eigenvalue weighted by atomic mass is 10.2. The average Bonchev–Trinajstić information content (AvgIpc) is 2.24. The van der Waals surface area contributed by atoms with Crippen LogP contribution in [0.3, 0.4) is 0 Å². The third-order valence-electron chi connectivity index (χ3n) is 1.97. The SMILES string of the molecule is C#CCCCNC(=O)c1c(F)cccc1F. The van der Waals surface area contributed by atoms with Gasteiger partial charge < -0.3 is 5.32 Å². The zero-order chi connectivity index (χ0) is 12.0. The number of hydrogen-bond acceptors (Lipinski definition) is 1. The van der Waals surface area contributed by atoms with E-state index in [1.165, 1.54) is 6.07 Å². The zero-order valence-corrected chi connectivity index (χ0v) is 8.59. The van der Waals surface area contributed by atoms with Crippen molar-refractivity contribution in [1.82, 2.24) is 5.32 Å². The second-order valence-electron chi connectivity index (χ2n) is 3.16. The summed E-state index contributed by atoms with van der Waals surface area (Å²) in [6, 6.07) is 3.29. The van der Waals surface area contributed by atoms with Crippen molar-refractivity contribution in [2.45, 2.75) is 12.8 Å². The van der Waals surface area contributed by atoms with E-state index >= 15 is 0 Å². The van der Waals surface area contributed by atoms with E-state index in [-0.39, 0.29) is 0 Å². The minimum absolute atomic E-state index is 0.302. The summed E-state index contributed by atoms with van der Waals surface area (Å²) >= 11 is 0. The lowest BCUT2D eigenvalue weighted by Crippen LogP contribution is -2.26. The number of amides is 1. The Balaban J connectivity index is 2.63. The smallest absolute Gasteiger partial charge is 0.257 e. The first-order chi connectivity index (χ1) is 7.66. The normalized spacial score (nSPS) is 9.56. The molecule has 0 bridgehead atoms. The number of terminal acetylenes is 1. The van der Waals surface area contributed by atoms with Gasteiger partial charge in [0.2, 0.25) is 0 Å². The van der Waals surface area contributed by atoms with Gasteiger partial charge in [0.1, 0.15) is 17.2 Å². The molecule has 0 fully saturated rings. The first-order valence-corrected chi connectivity index (χ1v) is 4.82. The maximum absolute atomic E-state index is 13.1. The fraction of sp³-hybridized carbons (Fsp3) is 0.250. The van der Waals surface area contributed by atoms with Crippen LogP contribution in [0.25, 0.3) is 0 Å². The van der Waals surface area contributed by atoms with Crippen LogP contribution in [0.2, 0.25) is 0 Å². The second kappa shape index (κ2) is 5.86. The Morgan fingerprint density at radius 1 is 1.38 bits per heavy atom. The quantitative estimate of drug-likeness (QED) is 0.614. The first-order valence-electron chi connectivity index (χ1n) is 4.82. The molecule has 0 saturated heterocycles. The van der Waals surface area contributed by atoms with E-state index in [0.29, 0.717) is 19.4 Å². The van der Waals surface area contributed by atoms with Crippen LogP contribution in [0.4, 0.5) is 8.78 Å². The highest BCUT2D eigenvalue weighted by molar-refractivity contribution is 5.94. The van der Waals surface area contributed by atoms with E-state index in [2.05, 4.69) is 11.2 Å². The van der Waals surface area contributed by atoms with Gasteiger partial charge in [0.05, 0.1) is 0 Å². The molecule has 4 heteroatoms. The number of unbranched alkanes of at least 4 members (excludes halogenated alkanes) is 1. The summed E-state index contributed by atoms with van der Waals surface area (Å²) in [7, 11) is 0. The van der Waals surface area contributed by atoms with Crippen molar-refractivity contribution < 1.29 is 13.6 Å². The summed E-state index contributed by atoms with van der Waals surface area (Å²) in [6.07, 6.45) is 6.12. The lowest BCUT2D eigenvalue weighted by Gasteiger charge is -2.05. The van der Waals surface area contributed by atoms with Gasteiger partial charge in [-0.15, -0.1) is 12.3 Å². The molecule has 0 aromatic heterocycles. The summed E-state index contributed by atoms with van der Waals surface area (Å²) in [4.78, 5) is 11.4. The van der Waals surface area contributed by atoms with Gasteiger partial charge in [-0.05, 0) is 18.6 Å². The van der Waals surface area contributed by atoms with Crippen molar-refractivity contribution in [1.29, 1.82) is 0 Å². The van der Waals surface area contributed by atoms with Crippen molar-refractivity contribution >= 4 is 5.91 Å². The highest BCUT2D eigenvalue weighted by atomic mass is 19.1. The van der Waals surface area contributed by atoms with Crippen LogP contribution in [0.1, 0.15) is 23.2 Å². The fourth-order valence-corrected chi connectivity index (χ4v) is 1.20. The summed E-state index contributed by atoms with van der Waals surface area (Å²) in [6.45, 7) is 0.302. The average molecular weight is 223 g/mol. The molecule has 16 heavy (non-hydrogen) atoms. The van der Waals surface area contributed by atoms with Gasteiger partial charge in [-0.2, -0.15) is 0 Å². The molecule has 0 radical (unpaired) electrons. The highest BCUT2D eigenvalue weighted by Gasteiger charge is 2.15. The van der Waals surface area contributed by atoms with E-state index in [0.717, 1.165) is 12.1 Å². The van der Waals surface area contributed by atoms with Gasteiger partial charge in [0, 0.05) is 13.0 Å². The summed E-state index contributed by atoms with van der Waals surface area (Å²) in [5.41, 5.74) is -0.553.